The fourth-order valence-electron chi connectivity index (χ4n) is 1.97. The van der Waals surface area contributed by atoms with Gasteiger partial charge in [-0.05, 0) is 30.3 Å². The van der Waals surface area contributed by atoms with Crippen LogP contribution in [0.5, 0.6) is 0 Å². The molecule has 0 unspecified atom stereocenters. The van der Waals surface area contributed by atoms with Gasteiger partial charge in [-0.3, -0.25) is 19.2 Å². The van der Waals surface area contributed by atoms with Crippen LogP contribution in [-0.2, 0) is 20.9 Å². The van der Waals surface area contributed by atoms with Crippen molar-refractivity contribution in [2.24, 2.45) is 0 Å². The second-order valence-electron chi connectivity index (χ2n) is 5.03. The first kappa shape index (κ1) is 17.9. The van der Waals surface area contributed by atoms with E-state index in [-0.39, 0.29) is 18.0 Å². The highest BCUT2D eigenvalue weighted by Gasteiger charge is 2.10. The smallest absolute Gasteiger partial charge is 0.326 e. The van der Waals surface area contributed by atoms with Crippen molar-refractivity contribution in [3.63, 3.8) is 0 Å². The van der Waals surface area contributed by atoms with E-state index >= 15 is 0 Å². The maximum Gasteiger partial charge on any atom is 0.326 e. The Bertz CT molecular complexity index is 827. The van der Waals surface area contributed by atoms with E-state index in [0.717, 1.165) is 0 Å². The second kappa shape index (κ2) is 8.44. The molecule has 8 heteroatoms. The largest absolute Gasteiger partial charge is 0.454 e. The summed E-state index contributed by atoms with van der Waals surface area (Å²) in [6, 6.07) is 10.7. The molecule has 1 heterocycles. The summed E-state index contributed by atoms with van der Waals surface area (Å²) in [5, 5.41) is 5.03. The number of benzene rings is 1. The summed E-state index contributed by atoms with van der Waals surface area (Å²) in [6.45, 7) is -0.745. The van der Waals surface area contributed by atoms with Gasteiger partial charge in [-0.15, -0.1) is 0 Å². The molecule has 0 aliphatic rings. The maximum absolute atomic E-state index is 11.8. The van der Waals surface area contributed by atoms with Crippen LogP contribution in [0, 0.1) is 0 Å². The number of carbonyl (C=O) groups is 3. The highest BCUT2D eigenvalue weighted by Crippen LogP contribution is 2.09. The average molecular weight is 343 g/mol. The minimum absolute atomic E-state index is 0.233. The number of esters is 1. The molecule has 0 fully saturated rings. The van der Waals surface area contributed by atoms with Gasteiger partial charge in [0, 0.05) is 30.6 Å². The van der Waals surface area contributed by atoms with Crippen LogP contribution in [0.15, 0.2) is 53.5 Å². The molecule has 0 saturated heterocycles. The Labute approximate surface area is 143 Å². The lowest BCUT2D eigenvalue weighted by molar-refractivity contribution is -0.147. The average Bonchev–Trinajstić information content (AvgIpc) is 2.62. The number of rotatable bonds is 6. The third-order valence-electron chi connectivity index (χ3n) is 3.22. The highest BCUT2D eigenvalue weighted by atomic mass is 16.5. The van der Waals surface area contributed by atoms with Crippen molar-refractivity contribution < 1.29 is 19.1 Å². The summed E-state index contributed by atoms with van der Waals surface area (Å²) in [5.74, 6) is -1.46. The third-order valence-corrected chi connectivity index (χ3v) is 3.22. The predicted octanol–water partition coefficient (Wildman–Crippen LogP) is 0.390. The van der Waals surface area contributed by atoms with E-state index in [4.69, 9.17) is 4.74 Å². The topological polar surface area (TPSA) is 106 Å². The number of nitrogens with zero attached hydrogens (tertiary/aromatic N) is 1. The van der Waals surface area contributed by atoms with Gasteiger partial charge in [0.2, 0.25) is 0 Å². The van der Waals surface area contributed by atoms with Gasteiger partial charge in [0.25, 0.3) is 17.4 Å². The quantitative estimate of drug-likeness (QED) is 0.738. The van der Waals surface area contributed by atoms with Crippen LogP contribution in [0.1, 0.15) is 10.4 Å². The molecule has 8 nitrogen and oxygen atoms in total. The second-order valence-corrected chi connectivity index (χ2v) is 5.03. The Balaban J connectivity index is 1.82. The number of anilines is 1. The van der Waals surface area contributed by atoms with Gasteiger partial charge < -0.3 is 19.9 Å². The van der Waals surface area contributed by atoms with Crippen LogP contribution in [0.4, 0.5) is 5.69 Å². The van der Waals surface area contributed by atoms with E-state index < -0.39 is 18.5 Å². The molecule has 0 radical (unpaired) electrons. The Morgan fingerprint density at radius 1 is 1.08 bits per heavy atom. The number of pyridine rings is 1. The molecule has 2 amide bonds. The number of hydrogen-bond acceptors (Lipinski definition) is 5. The van der Waals surface area contributed by atoms with Crippen molar-refractivity contribution in [1.82, 2.24) is 9.88 Å². The Morgan fingerprint density at radius 3 is 2.44 bits per heavy atom. The zero-order valence-electron chi connectivity index (χ0n) is 13.5. The van der Waals surface area contributed by atoms with Crippen LogP contribution >= 0.6 is 0 Å². The van der Waals surface area contributed by atoms with Crippen LogP contribution in [-0.4, -0.2) is 36.0 Å². The van der Waals surface area contributed by atoms with E-state index in [0.29, 0.717) is 11.3 Å². The molecule has 25 heavy (non-hydrogen) atoms. The fraction of sp³-hybridized carbons (Fsp3) is 0.176. The summed E-state index contributed by atoms with van der Waals surface area (Å²) in [4.78, 5) is 46.3. The maximum atomic E-state index is 11.8. The molecule has 0 bridgehead atoms. The van der Waals surface area contributed by atoms with Crippen molar-refractivity contribution in [3.8, 4) is 0 Å². The molecule has 0 aliphatic heterocycles. The zero-order chi connectivity index (χ0) is 18.2. The number of aromatic nitrogens is 1. The zero-order valence-corrected chi connectivity index (χ0v) is 13.5. The summed E-state index contributed by atoms with van der Waals surface area (Å²) in [6.07, 6.45) is 1.46. The third kappa shape index (κ3) is 5.31. The lowest BCUT2D eigenvalue weighted by atomic mass is 10.2. The van der Waals surface area contributed by atoms with Crippen molar-refractivity contribution in [2.45, 2.75) is 6.54 Å². The number of amides is 2. The van der Waals surface area contributed by atoms with Crippen LogP contribution in [0.25, 0.3) is 0 Å². The molecule has 0 spiro atoms. The van der Waals surface area contributed by atoms with Gasteiger partial charge in [-0.25, -0.2) is 0 Å². The lowest BCUT2D eigenvalue weighted by Gasteiger charge is -2.08. The predicted molar refractivity (Wildman–Crippen MR) is 90.1 cm³/mol. The van der Waals surface area contributed by atoms with Crippen molar-refractivity contribution in [1.29, 1.82) is 0 Å². The number of carbonyl (C=O) groups excluding carboxylic acids is 3. The summed E-state index contributed by atoms with van der Waals surface area (Å²) < 4.78 is 6.02. The van der Waals surface area contributed by atoms with Crippen molar-refractivity contribution >= 4 is 23.5 Å². The van der Waals surface area contributed by atoms with E-state index in [9.17, 15) is 19.2 Å². The van der Waals surface area contributed by atoms with E-state index in [1.807, 2.05) is 0 Å². The molecule has 0 saturated carbocycles. The monoisotopic (exact) mass is 343 g/mol. The van der Waals surface area contributed by atoms with Crippen LogP contribution < -0.4 is 16.2 Å². The molecule has 0 aliphatic carbocycles. The minimum Gasteiger partial charge on any atom is -0.454 e. The first-order chi connectivity index (χ1) is 12.0. The summed E-state index contributed by atoms with van der Waals surface area (Å²) in [5.41, 5.74) is 0.591. The van der Waals surface area contributed by atoms with Gasteiger partial charge in [-0.1, -0.05) is 6.07 Å². The lowest BCUT2D eigenvalue weighted by Crippen LogP contribution is -2.27. The van der Waals surface area contributed by atoms with E-state index in [2.05, 4.69) is 10.6 Å². The standard InChI is InChI=1S/C17H17N3O5/c1-18-17(24)12-5-7-13(8-6-12)19-14(21)11-25-16(23)10-20-9-3-2-4-15(20)22/h2-9H,10-11H2,1H3,(H,18,24)(H,19,21). The SMILES string of the molecule is CNC(=O)c1ccc(NC(=O)COC(=O)Cn2ccccc2=O)cc1. The van der Waals surface area contributed by atoms with E-state index in [1.165, 1.54) is 23.9 Å². The number of hydrogen-bond donors (Lipinski definition) is 2. The molecular weight excluding hydrogens is 326 g/mol. The normalized spacial score (nSPS) is 9.96. The first-order valence-corrected chi connectivity index (χ1v) is 7.42. The van der Waals surface area contributed by atoms with Crippen LogP contribution in [0.3, 0.4) is 0 Å². The first-order valence-electron chi connectivity index (χ1n) is 7.42. The Hall–Kier alpha value is -3.42. The molecule has 2 N–H and O–H groups in total. The fourth-order valence-corrected chi connectivity index (χ4v) is 1.97. The Kier molecular flexibility index (Phi) is 6.05. The van der Waals surface area contributed by atoms with Gasteiger partial charge in [-0.2, -0.15) is 0 Å². The summed E-state index contributed by atoms with van der Waals surface area (Å²) in [7, 11) is 1.52. The van der Waals surface area contributed by atoms with Gasteiger partial charge >= 0.3 is 5.97 Å². The van der Waals surface area contributed by atoms with Gasteiger partial charge in [0.05, 0.1) is 0 Å². The number of ether oxygens (including phenoxy) is 1. The summed E-state index contributed by atoms with van der Waals surface area (Å²) >= 11 is 0. The molecule has 1 aromatic carbocycles. The van der Waals surface area contributed by atoms with Crippen molar-refractivity contribution in [3.05, 3.63) is 64.6 Å². The molecule has 2 aromatic rings. The highest BCUT2D eigenvalue weighted by molar-refractivity contribution is 5.96. The Morgan fingerprint density at radius 2 is 1.80 bits per heavy atom. The molecule has 0 atom stereocenters. The van der Waals surface area contributed by atoms with Crippen LogP contribution in [0.2, 0.25) is 0 Å². The minimum atomic E-state index is -0.696. The number of nitrogens with one attached hydrogen (secondary N) is 2. The molecular formula is C17H17N3O5. The molecule has 130 valence electrons. The van der Waals surface area contributed by atoms with Crippen molar-refractivity contribution in [2.75, 3.05) is 19.0 Å². The molecule has 2 rings (SSSR count). The molecule has 1 aromatic heterocycles. The van der Waals surface area contributed by atoms with E-state index in [1.54, 1.807) is 36.4 Å². The van der Waals surface area contributed by atoms with Gasteiger partial charge in [0.1, 0.15) is 6.54 Å². The van der Waals surface area contributed by atoms with Gasteiger partial charge in [0.15, 0.2) is 6.61 Å².